The molecule has 2 fully saturated rings. The molecule has 4 heteroatoms. The maximum absolute atomic E-state index is 12.0. The number of nitrogens with two attached hydrogens (primary N) is 1. The lowest BCUT2D eigenvalue weighted by Crippen LogP contribution is -2.55. The van der Waals surface area contributed by atoms with E-state index >= 15 is 0 Å². The highest BCUT2D eigenvalue weighted by atomic mass is 16.2. The summed E-state index contributed by atoms with van der Waals surface area (Å²) in [4.78, 5) is 16.4. The van der Waals surface area contributed by atoms with Gasteiger partial charge >= 0.3 is 0 Å². The fourth-order valence-electron chi connectivity index (χ4n) is 2.33. The molecule has 0 radical (unpaired) electrons. The summed E-state index contributed by atoms with van der Waals surface area (Å²) in [7, 11) is 0. The van der Waals surface area contributed by atoms with Gasteiger partial charge in [0.2, 0.25) is 5.91 Å². The Kier molecular flexibility index (Phi) is 2.97. The summed E-state index contributed by atoms with van der Waals surface area (Å²) in [6.45, 7) is 10.4. The van der Waals surface area contributed by atoms with Crippen LogP contribution in [0.2, 0.25) is 0 Å². The molecule has 4 nitrogen and oxygen atoms in total. The second-order valence-electron chi connectivity index (χ2n) is 5.99. The van der Waals surface area contributed by atoms with Crippen LogP contribution in [0.15, 0.2) is 0 Å². The molecule has 2 N–H and O–H groups in total. The molecule has 1 aliphatic heterocycles. The van der Waals surface area contributed by atoms with Crippen LogP contribution < -0.4 is 5.73 Å². The van der Waals surface area contributed by atoms with Crippen LogP contribution in [0.4, 0.5) is 0 Å². The van der Waals surface area contributed by atoms with E-state index in [2.05, 4.69) is 25.7 Å². The van der Waals surface area contributed by atoms with Gasteiger partial charge in [0.1, 0.15) is 0 Å². The molecule has 0 spiro atoms. The number of hydrogen-bond donors (Lipinski definition) is 1. The minimum atomic E-state index is 0.126. The van der Waals surface area contributed by atoms with E-state index in [-0.39, 0.29) is 23.4 Å². The summed E-state index contributed by atoms with van der Waals surface area (Å²) in [6, 6.07) is 0.133. The fourth-order valence-corrected chi connectivity index (χ4v) is 2.33. The minimum Gasteiger partial charge on any atom is -0.340 e. The number of nitrogens with zero attached hydrogens (tertiary/aromatic N) is 2. The van der Waals surface area contributed by atoms with Crippen LogP contribution in [-0.4, -0.2) is 53.5 Å². The maximum atomic E-state index is 12.0. The maximum Gasteiger partial charge on any atom is 0.227 e. The monoisotopic (exact) mass is 225 g/mol. The van der Waals surface area contributed by atoms with Gasteiger partial charge in [0.25, 0.3) is 0 Å². The average molecular weight is 225 g/mol. The molecule has 2 unspecified atom stereocenters. The second kappa shape index (κ2) is 4.00. The standard InChI is InChI=1S/C12H23N3O/c1-12(2,3)15-6-4-14(5-7-15)11(16)9-8-10(9)13/h9-10H,4-8,13H2,1-3H3. The third kappa shape index (κ3) is 2.38. The Hall–Kier alpha value is -0.610. The molecule has 16 heavy (non-hydrogen) atoms. The molecule has 1 aliphatic carbocycles. The first-order valence-corrected chi connectivity index (χ1v) is 6.19. The van der Waals surface area contributed by atoms with Gasteiger partial charge in [0, 0.05) is 37.8 Å². The van der Waals surface area contributed by atoms with Crippen molar-refractivity contribution >= 4 is 5.91 Å². The predicted octanol–water partition coefficient (Wildman–Crippen LogP) is 0.276. The number of hydrogen-bond acceptors (Lipinski definition) is 3. The molecule has 2 aliphatic rings. The van der Waals surface area contributed by atoms with E-state index in [1.54, 1.807) is 0 Å². The van der Waals surface area contributed by atoms with Crippen molar-refractivity contribution in [1.29, 1.82) is 0 Å². The predicted molar refractivity (Wildman–Crippen MR) is 64.0 cm³/mol. The first kappa shape index (κ1) is 11.9. The lowest BCUT2D eigenvalue weighted by Gasteiger charge is -2.42. The van der Waals surface area contributed by atoms with Crippen molar-refractivity contribution in [3.8, 4) is 0 Å². The van der Waals surface area contributed by atoms with Gasteiger partial charge in [-0.25, -0.2) is 0 Å². The Morgan fingerprint density at radius 2 is 1.69 bits per heavy atom. The zero-order valence-corrected chi connectivity index (χ0v) is 10.6. The third-order valence-corrected chi connectivity index (χ3v) is 3.70. The first-order chi connectivity index (χ1) is 7.39. The van der Waals surface area contributed by atoms with E-state index in [4.69, 9.17) is 5.73 Å². The topological polar surface area (TPSA) is 49.6 Å². The van der Waals surface area contributed by atoms with Crippen molar-refractivity contribution in [1.82, 2.24) is 9.80 Å². The summed E-state index contributed by atoms with van der Waals surface area (Å²) >= 11 is 0. The minimum absolute atomic E-state index is 0.126. The smallest absolute Gasteiger partial charge is 0.227 e. The summed E-state index contributed by atoms with van der Waals surface area (Å²) in [5.41, 5.74) is 5.93. The Bertz CT molecular complexity index is 276. The quantitative estimate of drug-likeness (QED) is 0.697. The molecule has 1 saturated heterocycles. The fraction of sp³-hybridized carbons (Fsp3) is 0.917. The number of carbonyl (C=O) groups excluding carboxylic acids is 1. The molecule has 2 atom stereocenters. The molecular weight excluding hydrogens is 202 g/mol. The van der Waals surface area contributed by atoms with Crippen molar-refractivity contribution in [2.75, 3.05) is 26.2 Å². The van der Waals surface area contributed by atoms with E-state index in [0.717, 1.165) is 32.6 Å². The van der Waals surface area contributed by atoms with Crippen molar-refractivity contribution in [2.24, 2.45) is 11.7 Å². The largest absolute Gasteiger partial charge is 0.340 e. The van der Waals surface area contributed by atoms with Gasteiger partial charge in [-0.2, -0.15) is 0 Å². The van der Waals surface area contributed by atoms with Gasteiger partial charge < -0.3 is 10.6 Å². The molecule has 0 aromatic rings. The van der Waals surface area contributed by atoms with Crippen LogP contribution in [0, 0.1) is 5.92 Å². The van der Waals surface area contributed by atoms with Gasteiger partial charge in [0.15, 0.2) is 0 Å². The van der Waals surface area contributed by atoms with Crippen molar-refractivity contribution in [3.05, 3.63) is 0 Å². The van der Waals surface area contributed by atoms with Gasteiger partial charge in [-0.1, -0.05) is 0 Å². The van der Waals surface area contributed by atoms with Crippen LogP contribution in [0.25, 0.3) is 0 Å². The molecular formula is C12H23N3O. The summed E-state index contributed by atoms with van der Waals surface area (Å²) in [6.07, 6.45) is 0.887. The number of piperazine rings is 1. The van der Waals surface area contributed by atoms with Crippen molar-refractivity contribution in [3.63, 3.8) is 0 Å². The lowest BCUT2D eigenvalue weighted by molar-refractivity contribution is -0.135. The summed E-state index contributed by atoms with van der Waals surface area (Å²) in [5, 5.41) is 0. The van der Waals surface area contributed by atoms with Crippen LogP contribution in [0.1, 0.15) is 27.2 Å². The summed E-state index contributed by atoms with van der Waals surface area (Å²) in [5.74, 6) is 0.405. The molecule has 2 rings (SSSR count). The zero-order valence-electron chi connectivity index (χ0n) is 10.6. The Morgan fingerprint density at radius 3 is 2.06 bits per heavy atom. The molecule has 0 aromatic heterocycles. The highest BCUT2D eigenvalue weighted by Gasteiger charge is 2.43. The lowest BCUT2D eigenvalue weighted by atomic mass is 10.0. The molecule has 1 saturated carbocycles. The Balaban J connectivity index is 1.83. The van der Waals surface area contributed by atoms with Gasteiger partial charge in [-0.05, 0) is 27.2 Å². The van der Waals surface area contributed by atoms with E-state index in [0.29, 0.717) is 0 Å². The highest BCUT2D eigenvalue weighted by molar-refractivity contribution is 5.82. The average Bonchev–Trinajstić information content (AvgIpc) is 2.93. The van der Waals surface area contributed by atoms with Crippen molar-refractivity contribution < 1.29 is 4.79 Å². The third-order valence-electron chi connectivity index (χ3n) is 3.70. The van der Waals surface area contributed by atoms with E-state index < -0.39 is 0 Å². The normalized spacial score (nSPS) is 31.6. The number of amides is 1. The second-order valence-corrected chi connectivity index (χ2v) is 5.99. The van der Waals surface area contributed by atoms with Gasteiger partial charge in [-0.3, -0.25) is 9.69 Å². The van der Waals surface area contributed by atoms with Crippen molar-refractivity contribution in [2.45, 2.75) is 38.8 Å². The molecule has 92 valence electrons. The van der Waals surface area contributed by atoms with Crippen LogP contribution >= 0.6 is 0 Å². The number of rotatable bonds is 1. The van der Waals surface area contributed by atoms with Crippen LogP contribution in [0.5, 0.6) is 0 Å². The Morgan fingerprint density at radius 1 is 1.19 bits per heavy atom. The van der Waals surface area contributed by atoms with Crippen LogP contribution in [0.3, 0.4) is 0 Å². The highest BCUT2D eigenvalue weighted by Crippen LogP contribution is 2.30. The molecule has 0 aromatic carbocycles. The zero-order chi connectivity index (χ0) is 11.9. The van der Waals surface area contributed by atoms with E-state index in [1.807, 2.05) is 4.90 Å². The summed E-state index contributed by atoms with van der Waals surface area (Å²) < 4.78 is 0. The Labute approximate surface area is 97.8 Å². The van der Waals surface area contributed by atoms with Gasteiger partial charge in [0.05, 0.1) is 5.92 Å². The van der Waals surface area contributed by atoms with E-state index in [9.17, 15) is 4.79 Å². The molecule has 0 bridgehead atoms. The first-order valence-electron chi connectivity index (χ1n) is 6.19. The number of carbonyl (C=O) groups is 1. The molecule has 1 heterocycles. The molecule has 1 amide bonds. The SMILES string of the molecule is CC(C)(C)N1CCN(C(=O)C2CC2N)CC1. The van der Waals surface area contributed by atoms with Gasteiger partial charge in [-0.15, -0.1) is 0 Å². The van der Waals surface area contributed by atoms with Crippen LogP contribution in [-0.2, 0) is 4.79 Å². The van der Waals surface area contributed by atoms with E-state index in [1.165, 1.54) is 0 Å².